The summed E-state index contributed by atoms with van der Waals surface area (Å²) in [6.07, 6.45) is 0. The number of anilines is 5. The first-order valence-electron chi connectivity index (χ1n) is 12.3. The van der Waals surface area contributed by atoms with Crippen LogP contribution in [-0.4, -0.2) is 0 Å². The quantitative estimate of drug-likeness (QED) is 0.257. The molecule has 0 radical (unpaired) electrons. The molecule has 0 atom stereocenters. The van der Waals surface area contributed by atoms with Gasteiger partial charge in [0, 0.05) is 33.5 Å². The zero-order valence-corrected chi connectivity index (χ0v) is 19.7. The molecular weight excluding hydrogens is 436 g/mol. The van der Waals surface area contributed by atoms with E-state index < -0.39 is 0 Å². The molecule has 7 aromatic rings. The van der Waals surface area contributed by atoms with Crippen molar-refractivity contribution in [3.8, 4) is 0 Å². The molecule has 2 nitrogen and oxygen atoms in total. The zero-order valence-electron chi connectivity index (χ0n) is 19.7. The van der Waals surface area contributed by atoms with Crippen LogP contribution < -0.4 is 10.2 Å². The van der Waals surface area contributed by atoms with Gasteiger partial charge in [-0.3, -0.25) is 0 Å². The maximum absolute atomic E-state index is 3.64. The van der Waals surface area contributed by atoms with Gasteiger partial charge in [-0.15, -0.1) is 0 Å². The fourth-order valence-electron chi connectivity index (χ4n) is 5.35. The number of benzene rings is 7. The lowest BCUT2D eigenvalue weighted by Gasteiger charge is -2.27. The van der Waals surface area contributed by atoms with E-state index >= 15 is 0 Å². The van der Waals surface area contributed by atoms with Crippen LogP contribution >= 0.6 is 0 Å². The van der Waals surface area contributed by atoms with Crippen LogP contribution in [0.3, 0.4) is 0 Å². The van der Waals surface area contributed by atoms with E-state index in [1.54, 1.807) is 0 Å². The molecule has 0 spiro atoms. The second kappa shape index (κ2) is 8.44. The molecule has 0 saturated carbocycles. The van der Waals surface area contributed by atoms with E-state index in [2.05, 4.69) is 144 Å². The minimum absolute atomic E-state index is 1.09. The minimum atomic E-state index is 1.09. The molecule has 0 heterocycles. The molecule has 0 amide bonds. The fraction of sp³-hybridized carbons (Fsp3) is 0. The molecule has 36 heavy (non-hydrogen) atoms. The molecular formula is C34H24N2. The summed E-state index contributed by atoms with van der Waals surface area (Å²) in [5, 5.41) is 11.2. The lowest BCUT2D eigenvalue weighted by atomic mass is 9.92. The Kier molecular flexibility index (Phi) is 4.82. The average Bonchev–Trinajstić information content (AvgIpc) is 2.95. The van der Waals surface area contributed by atoms with Gasteiger partial charge in [0.25, 0.3) is 0 Å². The molecule has 0 aliphatic rings. The number of nitrogens with one attached hydrogen (secondary N) is 1. The number of hydrogen-bond acceptors (Lipinski definition) is 2. The summed E-state index contributed by atoms with van der Waals surface area (Å²) in [4.78, 5) is 2.36. The van der Waals surface area contributed by atoms with Gasteiger partial charge in [-0.25, -0.2) is 0 Å². The van der Waals surface area contributed by atoms with Crippen molar-refractivity contribution >= 4 is 60.8 Å². The SMILES string of the molecule is c1ccc(Nc2ccc3ccc4c(N(c5ccccc5)c5ccccc5)ccc5ccc2c3c54)cc1. The van der Waals surface area contributed by atoms with E-state index in [-0.39, 0.29) is 0 Å². The Morgan fingerprint density at radius 3 is 1.56 bits per heavy atom. The average molecular weight is 461 g/mol. The first-order valence-corrected chi connectivity index (χ1v) is 12.3. The second-order valence-corrected chi connectivity index (χ2v) is 9.12. The van der Waals surface area contributed by atoms with Crippen molar-refractivity contribution in [3.05, 3.63) is 140 Å². The van der Waals surface area contributed by atoms with Crippen LogP contribution in [0.25, 0.3) is 32.3 Å². The Hall–Kier alpha value is -4.82. The van der Waals surface area contributed by atoms with Gasteiger partial charge >= 0.3 is 0 Å². The number of nitrogens with zero attached hydrogens (tertiary/aromatic N) is 1. The number of para-hydroxylation sites is 3. The van der Waals surface area contributed by atoms with Crippen LogP contribution in [0.4, 0.5) is 28.4 Å². The highest BCUT2D eigenvalue weighted by Gasteiger charge is 2.18. The Morgan fingerprint density at radius 2 is 0.917 bits per heavy atom. The summed E-state index contributed by atoms with van der Waals surface area (Å²) < 4.78 is 0. The van der Waals surface area contributed by atoms with Crippen molar-refractivity contribution in [2.24, 2.45) is 0 Å². The predicted octanol–water partition coefficient (Wildman–Crippen LogP) is 9.80. The monoisotopic (exact) mass is 460 g/mol. The minimum Gasteiger partial charge on any atom is -0.355 e. The second-order valence-electron chi connectivity index (χ2n) is 9.12. The molecule has 0 saturated heterocycles. The third kappa shape index (κ3) is 3.35. The van der Waals surface area contributed by atoms with Gasteiger partial charge in [0.05, 0.1) is 5.69 Å². The van der Waals surface area contributed by atoms with E-state index in [9.17, 15) is 0 Å². The van der Waals surface area contributed by atoms with Crippen LogP contribution in [0.2, 0.25) is 0 Å². The lowest BCUT2D eigenvalue weighted by molar-refractivity contribution is 1.30. The van der Waals surface area contributed by atoms with E-state index in [4.69, 9.17) is 0 Å². The number of rotatable bonds is 5. The highest BCUT2D eigenvalue weighted by molar-refractivity contribution is 6.27. The lowest BCUT2D eigenvalue weighted by Crippen LogP contribution is -2.10. The molecule has 1 N–H and O–H groups in total. The third-order valence-corrected chi connectivity index (χ3v) is 6.96. The summed E-state index contributed by atoms with van der Waals surface area (Å²) in [6.45, 7) is 0. The fourth-order valence-corrected chi connectivity index (χ4v) is 5.35. The van der Waals surface area contributed by atoms with Gasteiger partial charge < -0.3 is 10.2 Å². The van der Waals surface area contributed by atoms with Gasteiger partial charge in [-0.2, -0.15) is 0 Å². The predicted molar refractivity (Wildman–Crippen MR) is 155 cm³/mol. The number of hydrogen-bond donors (Lipinski definition) is 1. The Morgan fingerprint density at radius 1 is 0.417 bits per heavy atom. The van der Waals surface area contributed by atoms with Gasteiger partial charge in [-0.1, -0.05) is 91.0 Å². The molecule has 0 unspecified atom stereocenters. The summed E-state index contributed by atoms with van der Waals surface area (Å²) in [5.41, 5.74) is 5.68. The molecule has 0 fully saturated rings. The summed E-state index contributed by atoms with van der Waals surface area (Å²) >= 11 is 0. The maximum atomic E-state index is 3.64. The van der Waals surface area contributed by atoms with Crippen molar-refractivity contribution in [2.75, 3.05) is 10.2 Å². The Bertz CT molecular complexity index is 1750. The molecule has 0 aromatic heterocycles. The first-order chi connectivity index (χ1) is 17.9. The molecule has 0 aliphatic carbocycles. The van der Waals surface area contributed by atoms with Crippen molar-refractivity contribution < 1.29 is 0 Å². The van der Waals surface area contributed by atoms with Crippen LogP contribution in [0.15, 0.2) is 140 Å². The third-order valence-electron chi connectivity index (χ3n) is 6.96. The molecule has 0 bridgehead atoms. The van der Waals surface area contributed by atoms with Crippen LogP contribution in [-0.2, 0) is 0 Å². The molecule has 170 valence electrons. The largest absolute Gasteiger partial charge is 0.355 e. The van der Waals surface area contributed by atoms with Crippen molar-refractivity contribution in [3.63, 3.8) is 0 Å². The summed E-state index contributed by atoms with van der Waals surface area (Å²) in [7, 11) is 0. The smallest absolute Gasteiger partial charge is 0.0540 e. The van der Waals surface area contributed by atoms with Crippen molar-refractivity contribution in [1.29, 1.82) is 0 Å². The summed E-state index contributed by atoms with van der Waals surface area (Å²) in [5.74, 6) is 0. The van der Waals surface area contributed by atoms with E-state index in [1.165, 1.54) is 38.0 Å². The van der Waals surface area contributed by atoms with Crippen LogP contribution in [0.5, 0.6) is 0 Å². The van der Waals surface area contributed by atoms with E-state index in [1.807, 2.05) is 6.07 Å². The molecule has 7 aromatic carbocycles. The van der Waals surface area contributed by atoms with Gasteiger partial charge in [0.15, 0.2) is 0 Å². The van der Waals surface area contributed by atoms with Gasteiger partial charge in [0.1, 0.15) is 0 Å². The van der Waals surface area contributed by atoms with Crippen LogP contribution in [0, 0.1) is 0 Å². The Labute approximate surface area is 210 Å². The highest BCUT2D eigenvalue weighted by atomic mass is 15.1. The van der Waals surface area contributed by atoms with Crippen LogP contribution in [0.1, 0.15) is 0 Å². The molecule has 2 heteroatoms. The van der Waals surface area contributed by atoms with E-state index in [0.29, 0.717) is 0 Å². The zero-order chi connectivity index (χ0) is 23.9. The highest BCUT2D eigenvalue weighted by Crippen LogP contribution is 2.45. The standard InChI is InChI=1S/C34H24N2/c1-4-10-26(11-5-1)35-31-22-18-24-17-21-30-32(23-19-25-16-20-29(31)33(24)34(25)30)36(27-12-6-2-7-13-27)28-14-8-3-9-15-28/h1-23,35H. The normalized spacial score (nSPS) is 11.3. The summed E-state index contributed by atoms with van der Waals surface area (Å²) in [6, 6.07) is 49.6. The topological polar surface area (TPSA) is 15.3 Å². The Balaban J connectivity index is 1.50. The maximum Gasteiger partial charge on any atom is 0.0540 e. The molecule has 0 aliphatic heterocycles. The van der Waals surface area contributed by atoms with Crippen molar-refractivity contribution in [1.82, 2.24) is 0 Å². The van der Waals surface area contributed by atoms with Crippen molar-refractivity contribution in [2.45, 2.75) is 0 Å². The first kappa shape index (κ1) is 20.5. The van der Waals surface area contributed by atoms with Gasteiger partial charge in [-0.05, 0) is 70.1 Å². The van der Waals surface area contributed by atoms with E-state index in [0.717, 1.165) is 22.7 Å². The molecule has 7 rings (SSSR count). The van der Waals surface area contributed by atoms with Gasteiger partial charge in [0.2, 0.25) is 0 Å².